The van der Waals surface area contributed by atoms with Crippen LogP contribution in [0, 0.1) is 5.82 Å². The van der Waals surface area contributed by atoms with Crippen LogP contribution < -0.4 is 0 Å². The molecule has 1 saturated heterocycles. The summed E-state index contributed by atoms with van der Waals surface area (Å²) in [5.41, 5.74) is 0.222. The number of hydrogen-bond donors (Lipinski definition) is 1. The zero-order valence-electron chi connectivity index (χ0n) is 8.56. The molecule has 2 rings (SSSR count). The Morgan fingerprint density at radius 2 is 2.35 bits per heavy atom. The van der Waals surface area contributed by atoms with Gasteiger partial charge in [0.1, 0.15) is 11.0 Å². The van der Waals surface area contributed by atoms with E-state index in [-0.39, 0.29) is 29.5 Å². The van der Waals surface area contributed by atoms with E-state index in [2.05, 4.69) is 4.98 Å². The molecule has 0 saturated carbocycles. The second kappa shape index (κ2) is 4.29. The van der Waals surface area contributed by atoms with E-state index in [1.807, 2.05) is 0 Å². The number of likely N-dealkylation sites (tertiary alicyclic amines) is 1. The quantitative estimate of drug-likeness (QED) is 0.781. The Labute approximate surface area is 101 Å². The second-order valence-electron chi connectivity index (χ2n) is 3.70. The Hall–Kier alpha value is -1.69. The van der Waals surface area contributed by atoms with Crippen molar-refractivity contribution in [1.29, 1.82) is 0 Å². The number of ketones is 1. The first-order valence-corrected chi connectivity index (χ1v) is 5.19. The van der Waals surface area contributed by atoms with Crippen molar-refractivity contribution in [3.8, 4) is 0 Å². The Morgan fingerprint density at radius 3 is 3.00 bits per heavy atom. The van der Waals surface area contributed by atoms with Crippen molar-refractivity contribution in [2.24, 2.45) is 0 Å². The Balaban J connectivity index is 2.41. The van der Waals surface area contributed by atoms with Gasteiger partial charge >= 0.3 is 6.09 Å². The standard InChI is InChI=1S/C10H8ClFN2O3/c11-9-7(1-5(12)3-13-9)8-2-6(15)4-14(8)10(16)17/h1,3,8H,2,4H2,(H,16,17). The molecule has 1 fully saturated rings. The lowest BCUT2D eigenvalue weighted by molar-refractivity contribution is -0.116. The highest BCUT2D eigenvalue weighted by molar-refractivity contribution is 6.30. The minimum atomic E-state index is -1.24. The van der Waals surface area contributed by atoms with Crippen LogP contribution in [0.25, 0.3) is 0 Å². The van der Waals surface area contributed by atoms with Crippen LogP contribution in [-0.2, 0) is 4.79 Å². The summed E-state index contributed by atoms with van der Waals surface area (Å²) in [5.74, 6) is -0.841. The number of pyridine rings is 1. The molecule has 0 radical (unpaired) electrons. The van der Waals surface area contributed by atoms with Crippen LogP contribution in [0.3, 0.4) is 0 Å². The summed E-state index contributed by atoms with van der Waals surface area (Å²) in [5, 5.41) is 8.95. The highest BCUT2D eigenvalue weighted by atomic mass is 35.5. The smallest absolute Gasteiger partial charge is 0.408 e. The van der Waals surface area contributed by atoms with Crippen molar-refractivity contribution in [3.63, 3.8) is 0 Å². The van der Waals surface area contributed by atoms with Gasteiger partial charge in [-0.1, -0.05) is 11.6 Å². The molecule has 17 heavy (non-hydrogen) atoms. The van der Waals surface area contributed by atoms with Gasteiger partial charge in [0.2, 0.25) is 0 Å². The molecule has 7 heteroatoms. The van der Waals surface area contributed by atoms with Crippen molar-refractivity contribution >= 4 is 23.5 Å². The average Bonchev–Trinajstić information content (AvgIpc) is 2.64. The molecule has 0 aromatic carbocycles. The molecule has 0 aliphatic carbocycles. The van der Waals surface area contributed by atoms with Gasteiger partial charge in [-0.2, -0.15) is 0 Å². The largest absolute Gasteiger partial charge is 0.465 e. The summed E-state index contributed by atoms with van der Waals surface area (Å²) in [6.07, 6.45) is -0.300. The normalized spacial score (nSPS) is 19.8. The first kappa shape index (κ1) is 11.8. The van der Waals surface area contributed by atoms with E-state index in [0.717, 1.165) is 17.2 Å². The minimum Gasteiger partial charge on any atom is -0.465 e. The summed E-state index contributed by atoms with van der Waals surface area (Å²) in [6, 6.07) is 0.352. The number of halogens is 2. The number of carbonyl (C=O) groups is 2. The zero-order valence-corrected chi connectivity index (χ0v) is 9.32. The first-order valence-electron chi connectivity index (χ1n) is 4.81. The minimum absolute atomic E-state index is 0.00282. The summed E-state index contributed by atoms with van der Waals surface area (Å²) in [4.78, 5) is 26.8. The molecular formula is C10H8ClFN2O3. The molecule has 0 bridgehead atoms. The lowest BCUT2D eigenvalue weighted by Gasteiger charge is -2.21. The molecular weight excluding hydrogens is 251 g/mol. The Kier molecular flexibility index (Phi) is 2.97. The van der Waals surface area contributed by atoms with E-state index in [4.69, 9.17) is 16.7 Å². The lowest BCUT2D eigenvalue weighted by Crippen LogP contribution is -2.29. The third kappa shape index (κ3) is 2.21. The van der Waals surface area contributed by atoms with Crippen molar-refractivity contribution < 1.29 is 19.1 Å². The maximum atomic E-state index is 13.1. The molecule has 1 aliphatic rings. The van der Waals surface area contributed by atoms with E-state index in [1.54, 1.807) is 0 Å². The van der Waals surface area contributed by atoms with E-state index in [0.29, 0.717) is 0 Å². The molecule has 1 aromatic rings. The molecule has 2 heterocycles. The molecule has 90 valence electrons. The summed E-state index contributed by atoms with van der Waals surface area (Å²) < 4.78 is 13.1. The van der Waals surface area contributed by atoms with E-state index in [1.165, 1.54) is 0 Å². The third-order valence-corrected chi connectivity index (χ3v) is 2.90. The molecule has 1 N–H and O–H groups in total. The Morgan fingerprint density at radius 1 is 1.65 bits per heavy atom. The number of carbonyl (C=O) groups excluding carboxylic acids is 1. The van der Waals surface area contributed by atoms with Gasteiger partial charge in [0, 0.05) is 12.0 Å². The van der Waals surface area contributed by atoms with Gasteiger partial charge in [-0.05, 0) is 6.07 Å². The number of rotatable bonds is 1. The fraction of sp³-hybridized carbons (Fsp3) is 0.300. The average molecular weight is 259 g/mol. The fourth-order valence-corrected chi connectivity index (χ4v) is 2.07. The monoisotopic (exact) mass is 258 g/mol. The third-order valence-electron chi connectivity index (χ3n) is 2.58. The van der Waals surface area contributed by atoms with Crippen molar-refractivity contribution in [2.45, 2.75) is 12.5 Å². The van der Waals surface area contributed by atoms with Gasteiger partial charge < -0.3 is 5.11 Å². The van der Waals surface area contributed by atoms with Gasteiger partial charge in [-0.15, -0.1) is 0 Å². The maximum absolute atomic E-state index is 13.1. The summed E-state index contributed by atoms with van der Waals surface area (Å²) in [7, 11) is 0. The van der Waals surface area contributed by atoms with E-state index in [9.17, 15) is 14.0 Å². The highest BCUT2D eigenvalue weighted by Crippen LogP contribution is 2.33. The van der Waals surface area contributed by atoms with E-state index >= 15 is 0 Å². The maximum Gasteiger partial charge on any atom is 0.408 e. The molecule has 1 aliphatic heterocycles. The predicted molar refractivity (Wildman–Crippen MR) is 56.3 cm³/mol. The van der Waals surface area contributed by atoms with Crippen LogP contribution in [0.2, 0.25) is 5.15 Å². The van der Waals surface area contributed by atoms with Crippen LogP contribution >= 0.6 is 11.6 Å². The van der Waals surface area contributed by atoms with Crippen LogP contribution in [0.4, 0.5) is 9.18 Å². The van der Waals surface area contributed by atoms with E-state index < -0.39 is 18.0 Å². The van der Waals surface area contributed by atoms with Gasteiger partial charge in [-0.25, -0.2) is 14.2 Å². The Bertz CT molecular complexity index is 494. The van der Waals surface area contributed by atoms with Gasteiger partial charge in [-0.3, -0.25) is 9.69 Å². The van der Waals surface area contributed by atoms with Crippen molar-refractivity contribution in [3.05, 3.63) is 28.8 Å². The van der Waals surface area contributed by atoms with Crippen molar-refractivity contribution in [1.82, 2.24) is 9.88 Å². The molecule has 1 unspecified atom stereocenters. The number of Topliss-reactive ketones (excluding diaryl/α,β-unsaturated/α-hetero) is 1. The van der Waals surface area contributed by atoms with Gasteiger partial charge in [0.25, 0.3) is 0 Å². The fourth-order valence-electron chi connectivity index (χ4n) is 1.84. The number of amides is 1. The summed E-state index contributed by atoms with van der Waals surface area (Å²) in [6.45, 7) is -0.202. The molecule has 1 amide bonds. The topological polar surface area (TPSA) is 70.5 Å². The lowest BCUT2D eigenvalue weighted by atomic mass is 10.1. The number of carboxylic acid groups (broad SMARTS) is 1. The predicted octanol–water partition coefficient (Wildman–Crippen LogP) is 1.87. The number of hydrogen-bond acceptors (Lipinski definition) is 3. The first-order chi connectivity index (χ1) is 7.99. The number of aromatic nitrogens is 1. The molecule has 5 nitrogen and oxygen atoms in total. The molecule has 1 atom stereocenters. The van der Waals surface area contributed by atoms with Crippen LogP contribution in [0.15, 0.2) is 12.3 Å². The highest BCUT2D eigenvalue weighted by Gasteiger charge is 2.36. The zero-order chi connectivity index (χ0) is 12.6. The second-order valence-corrected chi connectivity index (χ2v) is 4.06. The molecule has 1 aromatic heterocycles. The van der Waals surface area contributed by atoms with Crippen LogP contribution in [0.1, 0.15) is 18.0 Å². The SMILES string of the molecule is O=C1CC(c2cc(F)cnc2Cl)N(C(=O)O)C1. The van der Waals surface area contributed by atoms with Crippen LogP contribution in [-0.4, -0.2) is 33.4 Å². The van der Waals surface area contributed by atoms with Crippen LogP contribution in [0.5, 0.6) is 0 Å². The molecule has 0 spiro atoms. The summed E-state index contributed by atoms with van der Waals surface area (Å²) >= 11 is 5.79. The van der Waals surface area contributed by atoms with Gasteiger partial charge in [0.15, 0.2) is 5.78 Å². The number of nitrogens with zero attached hydrogens (tertiary/aromatic N) is 2. The van der Waals surface area contributed by atoms with Gasteiger partial charge in [0.05, 0.1) is 18.8 Å². The van der Waals surface area contributed by atoms with Crippen molar-refractivity contribution in [2.75, 3.05) is 6.54 Å².